The van der Waals surface area contributed by atoms with Crippen LogP contribution in [0, 0.1) is 17.7 Å². The molecule has 0 aliphatic heterocycles. The molecule has 1 aromatic rings. The zero-order chi connectivity index (χ0) is 13.9. The summed E-state index contributed by atoms with van der Waals surface area (Å²) in [5.41, 5.74) is 1.29. The van der Waals surface area contributed by atoms with Crippen LogP contribution in [-0.2, 0) is 11.3 Å². The number of aliphatic hydroxyl groups excluding tert-OH is 1. The molecule has 0 bridgehead atoms. The Morgan fingerprint density at radius 1 is 1.32 bits per heavy atom. The van der Waals surface area contributed by atoms with Crippen LogP contribution in [0.15, 0.2) is 18.2 Å². The summed E-state index contributed by atoms with van der Waals surface area (Å²) in [6.45, 7) is 3.36. The average Bonchev–Trinajstić information content (AvgIpc) is 2.42. The van der Waals surface area contributed by atoms with E-state index in [1.165, 1.54) is 18.9 Å². The number of hydrogen-bond donors (Lipinski definition) is 1. The minimum absolute atomic E-state index is 0.00511. The normalized spacial score (nSPS) is 10.1. The van der Waals surface area contributed by atoms with Crippen LogP contribution < -0.4 is 0 Å². The number of unbranched alkanes of at least 4 members (excludes halogenated alkanes) is 2. The summed E-state index contributed by atoms with van der Waals surface area (Å²) in [7, 11) is 0. The monoisotopic (exact) mass is 264 g/mol. The molecule has 104 valence electrons. The summed E-state index contributed by atoms with van der Waals surface area (Å²) in [5.74, 6) is 5.11. The van der Waals surface area contributed by atoms with E-state index in [-0.39, 0.29) is 12.4 Å². The van der Waals surface area contributed by atoms with Crippen LogP contribution in [0.3, 0.4) is 0 Å². The lowest BCUT2D eigenvalue weighted by atomic mass is 10.1. The van der Waals surface area contributed by atoms with Crippen LogP contribution in [0.5, 0.6) is 0 Å². The number of rotatable bonds is 7. The first-order valence-corrected chi connectivity index (χ1v) is 6.73. The van der Waals surface area contributed by atoms with E-state index in [2.05, 4.69) is 18.8 Å². The van der Waals surface area contributed by atoms with Crippen molar-refractivity contribution in [3.8, 4) is 11.8 Å². The van der Waals surface area contributed by atoms with Gasteiger partial charge in [-0.1, -0.05) is 37.7 Å². The summed E-state index contributed by atoms with van der Waals surface area (Å²) in [6.07, 6.45) is 3.75. The van der Waals surface area contributed by atoms with E-state index in [0.29, 0.717) is 18.6 Å². The van der Waals surface area contributed by atoms with Crippen LogP contribution >= 0.6 is 0 Å². The van der Waals surface area contributed by atoms with Crippen molar-refractivity contribution < 1.29 is 14.2 Å². The molecule has 0 saturated heterocycles. The fraction of sp³-hybridized carbons (Fsp3) is 0.500. The molecule has 0 aliphatic rings. The second-order valence-electron chi connectivity index (χ2n) is 4.35. The Labute approximate surface area is 114 Å². The molecule has 19 heavy (non-hydrogen) atoms. The minimum atomic E-state index is -0.333. The van der Waals surface area contributed by atoms with Gasteiger partial charge in [0.2, 0.25) is 0 Å². The molecule has 0 radical (unpaired) electrons. The SMILES string of the molecule is CCCCCOCc1ccc(F)c(C#CCCO)c1. The summed E-state index contributed by atoms with van der Waals surface area (Å²) < 4.78 is 19.0. The summed E-state index contributed by atoms with van der Waals surface area (Å²) in [6, 6.07) is 4.83. The third-order valence-electron chi connectivity index (χ3n) is 2.65. The zero-order valence-electron chi connectivity index (χ0n) is 11.4. The highest BCUT2D eigenvalue weighted by atomic mass is 19.1. The van der Waals surface area contributed by atoms with Crippen LogP contribution in [0.25, 0.3) is 0 Å². The van der Waals surface area contributed by atoms with Crippen molar-refractivity contribution in [1.29, 1.82) is 0 Å². The lowest BCUT2D eigenvalue weighted by molar-refractivity contribution is 0.117. The van der Waals surface area contributed by atoms with Gasteiger partial charge in [0, 0.05) is 13.0 Å². The van der Waals surface area contributed by atoms with Gasteiger partial charge in [0.05, 0.1) is 18.8 Å². The van der Waals surface area contributed by atoms with Crippen molar-refractivity contribution in [2.24, 2.45) is 0 Å². The molecule has 0 amide bonds. The van der Waals surface area contributed by atoms with E-state index >= 15 is 0 Å². The fourth-order valence-corrected chi connectivity index (χ4v) is 1.62. The Balaban J connectivity index is 2.51. The van der Waals surface area contributed by atoms with Gasteiger partial charge in [0.1, 0.15) is 5.82 Å². The number of benzene rings is 1. The first-order valence-electron chi connectivity index (χ1n) is 6.73. The highest BCUT2D eigenvalue weighted by Gasteiger charge is 2.01. The number of aliphatic hydroxyl groups is 1. The van der Waals surface area contributed by atoms with Crippen molar-refractivity contribution in [2.45, 2.75) is 39.2 Å². The molecular weight excluding hydrogens is 243 g/mol. The van der Waals surface area contributed by atoms with E-state index < -0.39 is 0 Å². The van der Waals surface area contributed by atoms with Crippen molar-refractivity contribution in [1.82, 2.24) is 0 Å². The van der Waals surface area contributed by atoms with E-state index in [0.717, 1.165) is 18.6 Å². The Bertz CT molecular complexity index is 432. The van der Waals surface area contributed by atoms with Crippen LogP contribution in [-0.4, -0.2) is 18.3 Å². The third-order valence-corrected chi connectivity index (χ3v) is 2.65. The summed E-state index contributed by atoms with van der Waals surface area (Å²) in [4.78, 5) is 0. The van der Waals surface area contributed by atoms with Gasteiger partial charge >= 0.3 is 0 Å². The topological polar surface area (TPSA) is 29.5 Å². The lowest BCUT2D eigenvalue weighted by Gasteiger charge is -2.05. The van der Waals surface area contributed by atoms with Gasteiger partial charge in [0.15, 0.2) is 0 Å². The van der Waals surface area contributed by atoms with Crippen molar-refractivity contribution in [3.05, 3.63) is 35.1 Å². The van der Waals surface area contributed by atoms with Crippen LogP contribution in [0.1, 0.15) is 43.7 Å². The predicted molar refractivity (Wildman–Crippen MR) is 74.2 cm³/mol. The maximum absolute atomic E-state index is 13.5. The van der Waals surface area contributed by atoms with Gasteiger partial charge in [-0.3, -0.25) is 0 Å². The standard InChI is InChI=1S/C16H21FO2/c1-2-3-6-11-19-13-14-8-9-16(17)15(12-14)7-4-5-10-18/h8-9,12,18H,2-3,5-6,10-11,13H2,1H3. The van der Waals surface area contributed by atoms with Gasteiger partial charge in [-0.2, -0.15) is 0 Å². The minimum Gasteiger partial charge on any atom is -0.395 e. The molecule has 0 unspecified atom stereocenters. The Hall–Kier alpha value is -1.37. The van der Waals surface area contributed by atoms with E-state index in [9.17, 15) is 4.39 Å². The van der Waals surface area contributed by atoms with Crippen LogP contribution in [0.2, 0.25) is 0 Å². The molecule has 1 rings (SSSR count). The highest BCUT2D eigenvalue weighted by molar-refractivity contribution is 5.38. The van der Waals surface area contributed by atoms with Gasteiger partial charge < -0.3 is 9.84 Å². The average molecular weight is 264 g/mol. The number of halogens is 1. The number of hydrogen-bond acceptors (Lipinski definition) is 2. The molecule has 0 heterocycles. The molecule has 0 saturated carbocycles. The molecular formula is C16H21FO2. The molecule has 0 aliphatic carbocycles. The van der Waals surface area contributed by atoms with Gasteiger partial charge in [0.25, 0.3) is 0 Å². The van der Waals surface area contributed by atoms with Crippen molar-refractivity contribution in [3.63, 3.8) is 0 Å². The van der Waals surface area contributed by atoms with Crippen molar-refractivity contribution >= 4 is 0 Å². The molecule has 0 atom stereocenters. The molecule has 0 aromatic heterocycles. The molecule has 0 fully saturated rings. The molecule has 1 N–H and O–H groups in total. The van der Waals surface area contributed by atoms with Crippen LogP contribution in [0.4, 0.5) is 4.39 Å². The summed E-state index contributed by atoms with van der Waals surface area (Å²) in [5, 5.41) is 8.64. The van der Waals surface area contributed by atoms with E-state index in [1.807, 2.05) is 0 Å². The van der Waals surface area contributed by atoms with E-state index in [1.54, 1.807) is 12.1 Å². The first-order chi connectivity index (χ1) is 9.27. The second kappa shape index (κ2) is 9.55. The lowest BCUT2D eigenvalue weighted by Crippen LogP contribution is -1.97. The smallest absolute Gasteiger partial charge is 0.138 e. The van der Waals surface area contributed by atoms with E-state index in [4.69, 9.17) is 9.84 Å². The summed E-state index contributed by atoms with van der Waals surface area (Å²) >= 11 is 0. The second-order valence-corrected chi connectivity index (χ2v) is 4.35. The van der Waals surface area contributed by atoms with Gasteiger partial charge in [-0.15, -0.1) is 0 Å². The fourth-order valence-electron chi connectivity index (χ4n) is 1.62. The molecule has 1 aromatic carbocycles. The Morgan fingerprint density at radius 3 is 2.89 bits per heavy atom. The largest absolute Gasteiger partial charge is 0.395 e. The van der Waals surface area contributed by atoms with Crippen molar-refractivity contribution in [2.75, 3.05) is 13.2 Å². The Morgan fingerprint density at radius 2 is 2.16 bits per heavy atom. The van der Waals surface area contributed by atoms with Gasteiger partial charge in [-0.05, 0) is 24.1 Å². The Kier molecular flexibility index (Phi) is 7.88. The molecule has 0 spiro atoms. The molecule has 3 heteroatoms. The molecule has 2 nitrogen and oxygen atoms in total. The predicted octanol–water partition coefficient (Wildman–Crippen LogP) is 3.27. The van der Waals surface area contributed by atoms with Gasteiger partial charge in [-0.25, -0.2) is 4.39 Å². The zero-order valence-corrected chi connectivity index (χ0v) is 11.4. The highest BCUT2D eigenvalue weighted by Crippen LogP contribution is 2.11. The maximum atomic E-state index is 13.5. The first kappa shape index (κ1) is 15.7. The maximum Gasteiger partial charge on any atom is 0.138 e. The third kappa shape index (κ3) is 6.37. The quantitative estimate of drug-likeness (QED) is 0.605. The number of ether oxygens (including phenoxy) is 1.